The standard InChI is InChI=1S/C30H25N3O6S/c1-36-26-15-20(10-12-24(26)38-19-23-11-13-25(39-23)29(35)37-2)16-27-28(34)33(18-21-7-6-14-31-17-21)30(40-27)32-22-8-4-3-5-9-22/h3-17H,18-19H2,1-2H3/b27-16+,32-30?. The van der Waals surface area contributed by atoms with E-state index in [0.29, 0.717) is 33.9 Å². The predicted octanol–water partition coefficient (Wildman–Crippen LogP) is 5.85. The highest BCUT2D eigenvalue weighted by Gasteiger charge is 2.33. The number of para-hydroxylation sites is 1. The summed E-state index contributed by atoms with van der Waals surface area (Å²) in [7, 11) is 2.83. The number of carbonyl (C=O) groups is 2. The van der Waals surface area contributed by atoms with Crippen molar-refractivity contribution in [1.82, 2.24) is 9.88 Å². The fourth-order valence-corrected chi connectivity index (χ4v) is 4.88. The minimum atomic E-state index is -0.559. The van der Waals surface area contributed by atoms with Gasteiger partial charge in [0.15, 0.2) is 16.7 Å². The average molecular weight is 556 g/mol. The van der Waals surface area contributed by atoms with Crippen molar-refractivity contribution in [2.24, 2.45) is 4.99 Å². The molecule has 202 valence electrons. The van der Waals surface area contributed by atoms with Gasteiger partial charge in [0.2, 0.25) is 5.76 Å². The van der Waals surface area contributed by atoms with Crippen LogP contribution in [-0.4, -0.2) is 41.1 Å². The average Bonchev–Trinajstić information content (AvgIpc) is 3.58. The van der Waals surface area contributed by atoms with E-state index >= 15 is 0 Å². The van der Waals surface area contributed by atoms with E-state index in [-0.39, 0.29) is 18.3 Å². The van der Waals surface area contributed by atoms with E-state index in [1.807, 2.05) is 48.5 Å². The van der Waals surface area contributed by atoms with Crippen LogP contribution in [0.4, 0.5) is 5.69 Å². The van der Waals surface area contributed by atoms with Gasteiger partial charge in [-0.2, -0.15) is 0 Å². The van der Waals surface area contributed by atoms with Gasteiger partial charge in [-0.15, -0.1) is 0 Å². The van der Waals surface area contributed by atoms with Crippen LogP contribution in [-0.2, 0) is 22.7 Å². The quantitative estimate of drug-likeness (QED) is 0.187. The van der Waals surface area contributed by atoms with Crippen molar-refractivity contribution in [3.63, 3.8) is 0 Å². The van der Waals surface area contributed by atoms with Crippen LogP contribution in [0, 0.1) is 0 Å². The zero-order valence-corrected chi connectivity index (χ0v) is 22.6. The lowest BCUT2D eigenvalue weighted by Gasteiger charge is -2.15. The molecule has 1 amide bonds. The first kappa shape index (κ1) is 26.8. The third kappa shape index (κ3) is 6.24. The number of hydrogen-bond acceptors (Lipinski definition) is 9. The van der Waals surface area contributed by atoms with E-state index in [2.05, 4.69) is 9.72 Å². The SMILES string of the molecule is COC(=O)c1ccc(COc2ccc(/C=C3/SC(=Nc4ccccc4)N(Cc4cccnc4)C3=O)cc2OC)o1. The van der Waals surface area contributed by atoms with Crippen LogP contribution < -0.4 is 9.47 Å². The fourth-order valence-electron chi connectivity index (χ4n) is 3.88. The zero-order valence-electron chi connectivity index (χ0n) is 21.8. The van der Waals surface area contributed by atoms with Crippen molar-refractivity contribution in [3.05, 3.63) is 113 Å². The smallest absolute Gasteiger partial charge is 0.373 e. The summed E-state index contributed by atoms with van der Waals surface area (Å²) in [5, 5.41) is 0.586. The number of carbonyl (C=O) groups excluding carboxylic acids is 2. The topological polar surface area (TPSA) is 103 Å². The van der Waals surface area contributed by atoms with Crippen molar-refractivity contribution in [1.29, 1.82) is 0 Å². The summed E-state index contributed by atoms with van der Waals surface area (Å²) in [5.74, 6) is 0.811. The molecule has 0 spiro atoms. The van der Waals surface area contributed by atoms with Gasteiger partial charge in [0, 0.05) is 12.4 Å². The van der Waals surface area contributed by atoms with E-state index in [1.165, 1.54) is 32.0 Å². The normalized spacial score (nSPS) is 15.1. The minimum Gasteiger partial charge on any atom is -0.493 e. The molecule has 10 heteroatoms. The van der Waals surface area contributed by atoms with Crippen LogP contribution in [0.1, 0.15) is 27.4 Å². The second kappa shape index (κ2) is 12.4. The molecule has 0 unspecified atom stereocenters. The van der Waals surface area contributed by atoms with Crippen molar-refractivity contribution in [2.75, 3.05) is 14.2 Å². The first-order valence-electron chi connectivity index (χ1n) is 12.3. The number of pyridine rings is 1. The Hall–Kier alpha value is -4.83. The molecule has 0 N–H and O–H groups in total. The molecule has 4 aromatic rings. The number of rotatable bonds is 9. The number of aliphatic imine (C=N–C) groups is 1. The number of furan rings is 1. The van der Waals surface area contributed by atoms with E-state index in [4.69, 9.17) is 18.9 Å². The summed E-state index contributed by atoms with van der Waals surface area (Å²) in [4.78, 5) is 36.2. The highest BCUT2D eigenvalue weighted by Crippen LogP contribution is 2.37. The van der Waals surface area contributed by atoms with Crippen molar-refractivity contribution in [3.8, 4) is 11.5 Å². The van der Waals surface area contributed by atoms with Crippen molar-refractivity contribution < 1.29 is 28.2 Å². The van der Waals surface area contributed by atoms with E-state index < -0.39 is 5.97 Å². The van der Waals surface area contributed by atoms with Crippen LogP contribution in [0.5, 0.6) is 11.5 Å². The highest BCUT2D eigenvalue weighted by molar-refractivity contribution is 8.18. The molecule has 0 aliphatic carbocycles. The molecular formula is C30H25N3O6S. The Balaban J connectivity index is 1.37. The summed E-state index contributed by atoms with van der Waals surface area (Å²) in [6.07, 6.45) is 5.24. The molecule has 40 heavy (non-hydrogen) atoms. The molecule has 9 nitrogen and oxygen atoms in total. The van der Waals surface area contributed by atoms with Gasteiger partial charge in [0.05, 0.1) is 31.4 Å². The van der Waals surface area contributed by atoms with E-state index in [1.54, 1.807) is 41.6 Å². The van der Waals surface area contributed by atoms with Gasteiger partial charge < -0.3 is 18.6 Å². The lowest BCUT2D eigenvalue weighted by molar-refractivity contribution is -0.122. The summed E-state index contributed by atoms with van der Waals surface area (Å²) < 4.78 is 21.5. The number of aromatic nitrogens is 1. The number of benzene rings is 2. The Morgan fingerprint density at radius 3 is 2.65 bits per heavy atom. The molecule has 1 fully saturated rings. The first-order valence-corrected chi connectivity index (χ1v) is 13.1. The molecule has 0 radical (unpaired) electrons. The Morgan fingerprint density at radius 1 is 1.05 bits per heavy atom. The number of thioether (sulfide) groups is 1. The van der Waals surface area contributed by atoms with Crippen molar-refractivity contribution >= 4 is 40.6 Å². The van der Waals surface area contributed by atoms with Crippen LogP contribution in [0.2, 0.25) is 0 Å². The highest BCUT2D eigenvalue weighted by atomic mass is 32.2. The van der Waals surface area contributed by atoms with E-state index in [0.717, 1.165) is 16.8 Å². The number of methoxy groups -OCH3 is 2. The van der Waals surface area contributed by atoms with Crippen molar-refractivity contribution in [2.45, 2.75) is 13.2 Å². The Bertz CT molecular complexity index is 1570. The van der Waals surface area contributed by atoms with Crippen LogP contribution in [0.25, 0.3) is 6.08 Å². The third-order valence-electron chi connectivity index (χ3n) is 5.84. The number of ether oxygens (including phenoxy) is 3. The summed E-state index contributed by atoms with van der Waals surface area (Å²) in [6, 6.07) is 21.8. The predicted molar refractivity (Wildman–Crippen MR) is 151 cm³/mol. The van der Waals surface area contributed by atoms with E-state index in [9.17, 15) is 9.59 Å². The molecular weight excluding hydrogens is 530 g/mol. The van der Waals surface area contributed by atoms with Crippen LogP contribution in [0.15, 0.2) is 99.5 Å². The maximum atomic E-state index is 13.5. The molecule has 5 rings (SSSR count). The van der Waals surface area contributed by atoms with Gasteiger partial charge in [0.25, 0.3) is 5.91 Å². The lowest BCUT2D eigenvalue weighted by atomic mass is 10.1. The molecule has 0 saturated carbocycles. The van der Waals surface area contributed by atoms with Gasteiger partial charge in [-0.25, -0.2) is 9.79 Å². The molecule has 0 bridgehead atoms. The number of amidine groups is 1. The molecule has 2 aromatic carbocycles. The maximum absolute atomic E-state index is 13.5. The second-order valence-electron chi connectivity index (χ2n) is 8.55. The molecule has 3 heterocycles. The summed E-state index contributed by atoms with van der Waals surface area (Å²) >= 11 is 1.31. The molecule has 1 aliphatic heterocycles. The maximum Gasteiger partial charge on any atom is 0.373 e. The Kier molecular flexibility index (Phi) is 8.26. The molecule has 0 atom stereocenters. The third-order valence-corrected chi connectivity index (χ3v) is 6.84. The number of esters is 1. The van der Waals surface area contributed by atoms with Crippen LogP contribution >= 0.6 is 11.8 Å². The van der Waals surface area contributed by atoms with Gasteiger partial charge in [0.1, 0.15) is 12.4 Å². The minimum absolute atomic E-state index is 0.0880. The van der Waals surface area contributed by atoms with Crippen LogP contribution in [0.3, 0.4) is 0 Å². The number of nitrogens with zero attached hydrogens (tertiary/aromatic N) is 3. The lowest BCUT2D eigenvalue weighted by Crippen LogP contribution is -2.28. The summed E-state index contributed by atoms with van der Waals surface area (Å²) in [5.41, 5.74) is 2.42. The Labute approximate surface area is 235 Å². The monoisotopic (exact) mass is 555 g/mol. The second-order valence-corrected chi connectivity index (χ2v) is 9.56. The number of hydrogen-bond donors (Lipinski definition) is 0. The van der Waals surface area contributed by atoms with Gasteiger partial charge in [-0.1, -0.05) is 30.3 Å². The van der Waals surface area contributed by atoms with Gasteiger partial charge in [-0.3, -0.25) is 14.7 Å². The molecule has 1 saturated heterocycles. The zero-order chi connectivity index (χ0) is 27.9. The summed E-state index contributed by atoms with van der Waals surface area (Å²) in [6.45, 7) is 0.438. The fraction of sp³-hybridized carbons (Fsp3) is 0.133. The van der Waals surface area contributed by atoms with Gasteiger partial charge in [-0.05, 0) is 71.4 Å². The molecule has 2 aromatic heterocycles. The molecule has 1 aliphatic rings. The first-order chi connectivity index (χ1) is 19.5. The largest absolute Gasteiger partial charge is 0.493 e. The Morgan fingerprint density at radius 2 is 1.90 bits per heavy atom. The number of amides is 1. The van der Waals surface area contributed by atoms with Gasteiger partial charge >= 0.3 is 5.97 Å².